The van der Waals surface area contributed by atoms with E-state index in [9.17, 15) is 4.79 Å². The fourth-order valence-corrected chi connectivity index (χ4v) is 2.68. The van der Waals surface area contributed by atoms with Gasteiger partial charge in [0.15, 0.2) is 0 Å². The minimum absolute atomic E-state index is 0.105. The van der Waals surface area contributed by atoms with Gasteiger partial charge in [0, 0.05) is 32.4 Å². The van der Waals surface area contributed by atoms with E-state index in [0.717, 1.165) is 49.6 Å². The number of aryl methyl sites for hydroxylation is 1. The van der Waals surface area contributed by atoms with Gasteiger partial charge >= 0.3 is 0 Å². The van der Waals surface area contributed by atoms with E-state index in [1.54, 1.807) is 0 Å². The van der Waals surface area contributed by atoms with Crippen molar-refractivity contribution in [2.24, 2.45) is 0 Å². The molecular weight excluding hydrogens is 252 g/mol. The van der Waals surface area contributed by atoms with Crippen molar-refractivity contribution in [3.63, 3.8) is 0 Å². The Morgan fingerprint density at radius 1 is 1.25 bits per heavy atom. The first-order chi connectivity index (χ1) is 9.70. The number of amides is 1. The number of nitrogens with zero attached hydrogens (tertiary/aromatic N) is 4. The normalized spacial score (nSPS) is 16.8. The second kappa shape index (κ2) is 5.25. The number of piperazine rings is 1. The molecule has 1 aliphatic rings. The van der Waals surface area contributed by atoms with Crippen molar-refractivity contribution < 1.29 is 4.79 Å². The summed E-state index contributed by atoms with van der Waals surface area (Å²) in [5.74, 6) is 0.105. The lowest BCUT2D eigenvalue weighted by molar-refractivity contribution is 0.0656. The van der Waals surface area contributed by atoms with Crippen LogP contribution in [-0.4, -0.2) is 58.3 Å². The van der Waals surface area contributed by atoms with Crippen LogP contribution in [0.15, 0.2) is 24.4 Å². The van der Waals surface area contributed by atoms with Crippen LogP contribution in [-0.2, 0) is 6.42 Å². The maximum Gasteiger partial charge on any atom is 0.272 e. The van der Waals surface area contributed by atoms with Crippen LogP contribution in [0.1, 0.15) is 23.1 Å². The molecule has 1 amide bonds. The zero-order valence-corrected chi connectivity index (χ0v) is 12.0. The molecule has 1 fully saturated rings. The summed E-state index contributed by atoms with van der Waals surface area (Å²) in [6.45, 7) is 5.49. The Kier molecular flexibility index (Phi) is 3.44. The molecule has 3 heterocycles. The van der Waals surface area contributed by atoms with E-state index >= 15 is 0 Å². The maximum absolute atomic E-state index is 12.8. The topological polar surface area (TPSA) is 40.9 Å². The molecule has 1 aliphatic heterocycles. The van der Waals surface area contributed by atoms with Gasteiger partial charge in [-0.1, -0.05) is 13.0 Å². The Bertz CT molecular complexity index is 626. The zero-order valence-electron chi connectivity index (χ0n) is 12.0. The molecule has 0 spiro atoms. The fraction of sp³-hybridized carbons (Fsp3) is 0.467. The molecule has 2 aromatic heterocycles. The lowest BCUT2D eigenvalue weighted by Gasteiger charge is -2.32. The number of pyridine rings is 1. The lowest BCUT2D eigenvalue weighted by atomic mass is 10.2. The number of hydrogen-bond acceptors (Lipinski definition) is 3. The third-order valence-electron chi connectivity index (χ3n) is 3.93. The van der Waals surface area contributed by atoms with E-state index in [-0.39, 0.29) is 5.91 Å². The first-order valence-electron chi connectivity index (χ1n) is 7.14. The summed E-state index contributed by atoms with van der Waals surface area (Å²) < 4.78 is 1.92. The fourth-order valence-electron chi connectivity index (χ4n) is 2.68. The van der Waals surface area contributed by atoms with Crippen molar-refractivity contribution in [2.75, 3.05) is 33.2 Å². The quantitative estimate of drug-likeness (QED) is 0.827. The van der Waals surface area contributed by atoms with Crippen LogP contribution >= 0.6 is 0 Å². The molecule has 2 aromatic rings. The largest absolute Gasteiger partial charge is 0.335 e. The van der Waals surface area contributed by atoms with Crippen LogP contribution in [0.2, 0.25) is 0 Å². The molecule has 106 valence electrons. The summed E-state index contributed by atoms with van der Waals surface area (Å²) in [5.41, 5.74) is 2.47. The van der Waals surface area contributed by atoms with Crippen molar-refractivity contribution in [3.8, 4) is 0 Å². The molecular formula is C15H20N4O. The number of fused-ring (bicyclic) bond motifs is 1. The summed E-state index contributed by atoms with van der Waals surface area (Å²) in [6, 6.07) is 5.83. The van der Waals surface area contributed by atoms with Gasteiger partial charge in [-0.3, -0.25) is 9.20 Å². The van der Waals surface area contributed by atoms with E-state index in [0.29, 0.717) is 0 Å². The summed E-state index contributed by atoms with van der Waals surface area (Å²) in [7, 11) is 2.09. The SMILES string of the molecule is CCc1nc2ccccn2c1C(=O)N1CCN(C)CC1. The van der Waals surface area contributed by atoms with Crippen LogP contribution in [0.25, 0.3) is 5.65 Å². The number of likely N-dealkylation sites (N-methyl/N-ethyl adjacent to an activating group) is 1. The van der Waals surface area contributed by atoms with Crippen LogP contribution in [0.4, 0.5) is 0 Å². The number of carbonyl (C=O) groups excluding carboxylic acids is 1. The molecule has 0 unspecified atom stereocenters. The second-order valence-electron chi connectivity index (χ2n) is 5.28. The monoisotopic (exact) mass is 272 g/mol. The first kappa shape index (κ1) is 13.1. The molecule has 1 saturated heterocycles. The van der Waals surface area contributed by atoms with Gasteiger partial charge in [-0.25, -0.2) is 4.98 Å². The first-order valence-corrected chi connectivity index (χ1v) is 7.14. The van der Waals surface area contributed by atoms with Crippen LogP contribution in [0.3, 0.4) is 0 Å². The van der Waals surface area contributed by atoms with Crippen LogP contribution in [0.5, 0.6) is 0 Å². The number of rotatable bonds is 2. The minimum Gasteiger partial charge on any atom is -0.335 e. The average molecular weight is 272 g/mol. The average Bonchev–Trinajstić information content (AvgIpc) is 2.85. The van der Waals surface area contributed by atoms with Gasteiger partial charge in [-0.15, -0.1) is 0 Å². The van der Waals surface area contributed by atoms with Gasteiger partial charge in [0.25, 0.3) is 5.91 Å². The highest BCUT2D eigenvalue weighted by atomic mass is 16.2. The van der Waals surface area contributed by atoms with Crippen LogP contribution < -0.4 is 0 Å². The predicted molar refractivity (Wildman–Crippen MR) is 78.0 cm³/mol. The molecule has 0 aliphatic carbocycles. The highest BCUT2D eigenvalue weighted by molar-refractivity contribution is 5.94. The van der Waals surface area contributed by atoms with Crippen molar-refractivity contribution in [2.45, 2.75) is 13.3 Å². The van der Waals surface area contributed by atoms with Crippen molar-refractivity contribution >= 4 is 11.6 Å². The maximum atomic E-state index is 12.8. The molecule has 0 aromatic carbocycles. The highest BCUT2D eigenvalue weighted by Gasteiger charge is 2.25. The molecule has 20 heavy (non-hydrogen) atoms. The number of hydrogen-bond donors (Lipinski definition) is 0. The van der Waals surface area contributed by atoms with E-state index in [1.165, 1.54) is 0 Å². The number of aromatic nitrogens is 2. The summed E-state index contributed by atoms with van der Waals surface area (Å²) in [6.07, 6.45) is 2.70. The molecule has 0 saturated carbocycles. The molecule has 0 atom stereocenters. The standard InChI is InChI=1S/C15H20N4O/c1-3-12-14(19-7-5-4-6-13(19)16-12)15(20)18-10-8-17(2)9-11-18/h4-7H,3,8-11H2,1-2H3. The Hall–Kier alpha value is -1.88. The van der Waals surface area contributed by atoms with Gasteiger partial charge in [0.05, 0.1) is 5.69 Å². The summed E-state index contributed by atoms with van der Waals surface area (Å²) in [5, 5.41) is 0. The molecule has 5 heteroatoms. The minimum atomic E-state index is 0.105. The second-order valence-corrected chi connectivity index (χ2v) is 5.28. The van der Waals surface area contributed by atoms with Gasteiger partial charge in [-0.2, -0.15) is 0 Å². The smallest absolute Gasteiger partial charge is 0.272 e. The molecule has 0 radical (unpaired) electrons. The molecule has 0 N–H and O–H groups in total. The van der Waals surface area contributed by atoms with Gasteiger partial charge in [0.1, 0.15) is 11.3 Å². The molecule has 0 bridgehead atoms. The predicted octanol–water partition coefficient (Wildman–Crippen LogP) is 1.28. The highest BCUT2D eigenvalue weighted by Crippen LogP contribution is 2.16. The molecule has 5 nitrogen and oxygen atoms in total. The Balaban J connectivity index is 1.98. The Morgan fingerprint density at radius 2 is 2.00 bits per heavy atom. The summed E-state index contributed by atoms with van der Waals surface area (Å²) >= 11 is 0. The van der Waals surface area contributed by atoms with E-state index in [2.05, 4.69) is 16.9 Å². The van der Waals surface area contributed by atoms with Gasteiger partial charge in [-0.05, 0) is 25.6 Å². The zero-order chi connectivity index (χ0) is 14.1. The Morgan fingerprint density at radius 3 is 2.70 bits per heavy atom. The van der Waals surface area contributed by atoms with E-state index < -0.39 is 0 Å². The Labute approximate surface area is 118 Å². The number of carbonyl (C=O) groups is 1. The van der Waals surface area contributed by atoms with E-state index in [4.69, 9.17) is 0 Å². The van der Waals surface area contributed by atoms with Crippen molar-refractivity contribution in [3.05, 3.63) is 35.8 Å². The van der Waals surface area contributed by atoms with Crippen LogP contribution in [0, 0.1) is 0 Å². The van der Waals surface area contributed by atoms with Crippen molar-refractivity contribution in [1.82, 2.24) is 19.2 Å². The van der Waals surface area contributed by atoms with E-state index in [1.807, 2.05) is 40.6 Å². The van der Waals surface area contributed by atoms with Gasteiger partial charge in [0.2, 0.25) is 0 Å². The van der Waals surface area contributed by atoms with Crippen molar-refractivity contribution in [1.29, 1.82) is 0 Å². The third-order valence-corrected chi connectivity index (χ3v) is 3.93. The summed E-state index contributed by atoms with van der Waals surface area (Å²) in [4.78, 5) is 21.6. The lowest BCUT2D eigenvalue weighted by Crippen LogP contribution is -2.47. The molecule has 3 rings (SSSR count). The third kappa shape index (κ3) is 2.18. The number of imidazole rings is 1. The van der Waals surface area contributed by atoms with Gasteiger partial charge < -0.3 is 9.80 Å².